The predicted molar refractivity (Wildman–Crippen MR) is 88.3 cm³/mol. The summed E-state index contributed by atoms with van der Waals surface area (Å²) in [5.74, 6) is -0.108. The molecule has 5 nitrogen and oxygen atoms in total. The number of rotatable bonds is 4. The Kier molecular flexibility index (Phi) is 4.66. The van der Waals surface area contributed by atoms with Crippen molar-refractivity contribution in [1.29, 1.82) is 0 Å². The number of amides is 2. The van der Waals surface area contributed by atoms with E-state index in [2.05, 4.69) is 6.07 Å². The van der Waals surface area contributed by atoms with E-state index in [9.17, 15) is 9.59 Å². The maximum absolute atomic E-state index is 13.0. The van der Waals surface area contributed by atoms with Crippen molar-refractivity contribution in [3.8, 4) is 0 Å². The van der Waals surface area contributed by atoms with Gasteiger partial charge >= 0.3 is 0 Å². The van der Waals surface area contributed by atoms with Crippen molar-refractivity contribution >= 4 is 17.5 Å². The summed E-state index contributed by atoms with van der Waals surface area (Å²) in [4.78, 5) is 28.8. The van der Waals surface area contributed by atoms with Gasteiger partial charge in [-0.2, -0.15) is 0 Å². The summed E-state index contributed by atoms with van der Waals surface area (Å²) in [5, 5.41) is 0. The molecule has 1 aromatic carbocycles. The van der Waals surface area contributed by atoms with Crippen LogP contribution in [0, 0.1) is 5.92 Å². The van der Waals surface area contributed by atoms with Gasteiger partial charge < -0.3 is 14.5 Å². The number of anilines is 1. The molecule has 2 atom stereocenters. The first-order valence-corrected chi connectivity index (χ1v) is 8.29. The number of carbonyl (C=O) groups is 2. The van der Waals surface area contributed by atoms with E-state index in [0.29, 0.717) is 19.6 Å². The summed E-state index contributed by atoms with van der Waals surface area (Å²) >= 11 is 0. The molecule has 1 fully saturated rings. The molecule has 124 valence electrons. The molecule has 2 amide bonds. The van der Waals surface area contributed by atoms with Gasteiger partial charge in [0.25, 0.3) is 0 Å². The van der Waals surface area contributed by atoms with Crippen LogP contribution in [-0.2, 0) is 20.7 Å². The number of nitrogens with zero attached hydrogens (tertiary/aromatic N) is 2. The van der Waals surface area contributed by atoms with E-state index in [0.717, 1.165) is 25.1 Å². The molecule has 2 heterocycles. The summed E-state index contributed by atoms with van der Waals surface area (Å²) in [6, 6.07) is 8.09. The number of ether oxygens (including phenoxy) is 1. The van der Waals surface area contributed by atoms with Crippen LogP contribution in [0.1, 0.15) is 25.3 Å². The molecular formula is C18H24N2O3. The summed E-state index contributed by atoms with van der Waals surface area (Å²) in [7, 11) is 1.63. The number of carbonyl (C=O) groups excluding carboxylic acids is 2. The number of hydrogen-bond donors (Lipinski definition) is 0. The van der Waals surface area contributed by atoms with Crippen LogP contribution in [0.4, 0.5) is 5.69 Å². The lowest BCUT2D eigenvalue weighted by atomic mass is 9.99. The van der Waals surface area contributed by atoms with Crippen molar-refractivity contribution < 1.29 is 14.3 Å². The van der Waals surface area contributed by atoms with Crippen LogP contribution in [0.2, 0.25) is 0 Å². The van der Waals surface area contributed by atoms with Crippen LogP contribution in [0.15, 0.2) is 24.3 Å². The zero-order chi connectivity index (χ0) is 16.4. The molecule has 0 N–H and O–H groups in total. The lowest BCUT2D eigenvalue weighted by Crippen LogP contribution is -2.42. The lowest BCUT2D eigenvalue weighted by molar-refractivity contribution is -0.130. The van der Waals surface area contributed by atoms with Crippen LogP contribution < -0.4 is 4.90 Å². The van der Waals surface area contributed by atoms with Crippen molar-refractivity contribution in [2.75, 3.05) is 31.7 Å². The first kappa shape index (κ1) is 16.0. The zero-order valence-electron chi connectivity index (χ0n) is 13.8. The molecule has 1 aromatic rings. The Labute approximate surface area is 137 Å². The first-order valence-electron chi connectivity index (χ1n) is 8.29. The van der Waals surface area contributed by atoms with E-state index in [4.69, 9.17) is 4.74 Å². The Bertz CT molecular complexity index is 602. The number of methoxy groups -OCH3 is 1. The Hall–Kier alpha value is -1.88. The third kappa shape index (κ3) is 3.11. The van der Waals surface area contributed by atoms with Gasteiger partial charge in [0.05, 0.1) is 18.6 Å². The zero-order valence-corrected chi connectivity index (χ0v) is 13.8. The van der Waals surface area contributed by atoms with E-state index in [1.54, 1.807) is 12.0 Å². The molecule has 2 unspecified atom stereocenters. The highest BCUT2D eigenvalue weighted by Crippen LogP contribution is 2.30. The third-order valence-corrected chi connectivity index (χ3v) is 4.82. The summed E-state index contributed by atoms with van der Waals surface area (Å²) in [5.41, 5.74) is 2.24. The van der Waals surface area contributed by atoms with Gasteiger partial charge in [-0.25, -0.2) is 0 Å². The largest absolute Gasteiger partial charge is 0.383 e. The average molecular weight is 316 g/mol. The number of likely N-dealkylation sites (tertiary alicyclic amines) is 1. The standard InChI is InChI=1S/C18H24N2O3/c1-13(12-23-2)20-11-15(10-17(20)21)18(22)19-9-5-7-14-6-3-4-8-16(14)19/h3-4,6,8,13,15H,5,7,9-12H2,1-2H3. The number of aryl methyl sites for hydroxylation is 1. The van der Waals surface area contributed by atoms with Gasteiger partial charge in [0.2, 0.25) is 11.8 Å². The summed E-state index contributed by atoms with van der Waals surface area (Å²) < 4.78 is 5.13. The van der Waals surface area contributed by atoms with Gasteiger partial charge in [-0.1, -0.05) is 18.2 Å². The molecule has 3 rings (SSSR count). The van der Waals surface area contributed by atoms with Crippen molar-refractivity contribution in [2.45, 2.75) is 32.2 Å². The monoisotopic (exact) mass is 316 g/mol. The number of para-hydroxylation sites is 1. The van der Waals surface area contributed by atoms with Crippen LogP contribution in [0.25, 0.3) is 0 Å². The molecule has 2 aliphatic heterocycles. The van der Waals surface area contributed by atoms with E-state index < -0.39 is 0 Å². The molecule has 0 radical (unpaired) electrons. The van der Waals surface area contributed by atoms with Crippen LogP contribution in [0.5, 0.6) is 0 Å². The normalized spacial score (nSPS) is 22.2. The molecule has 0 bridgehead atoms. The van der Waals surface area contributed by atoms with Crippen molar-refractivity contribution in [1.82, 2.24) is 4.90 Å². The van der Waals surface area contributed by atoms with E-state index >= 15 is 0 Å². The van der Waals surface area contributed by atoms with Crippen molar-refractivity contribution in [3.05, 3.63) is 29.8 Å². The second-order valence-corrected chi connectivity index (χ2v) is 6.47. The SMILES string of the molecule is COCC(C)N1CC(C(=O)N2CCCc3ccccc32)CC1=O. The lowest BCUT2D eigenvalue weighted by Gasteiger charge is -2.31. The van der Waals surface area contributed by atoms with Gasteiger partial charge in [0.15, 0.2) is 0 Å². The highest BCUT2D eigenvalue weighted by atomic mass is 16.5. The van der Waals surface area contributed by atoms with Crippen molar-refractivity contribution in [3.63, 3.8) is 0 Å². The Morgan fingerprint density at radius 1 is 1.39 bits per heavy atom. The van der Waals surface area contributed by atoms with Crippen LogP contribution in [-0.4, -0.2) is 49.6 Å². The minimum Gasteiger partial charge on any atom is -0.383 e. The highest BCUT2D eigenvalue weighted by Gasteiger charge is 2.39. The summed E-state index contributed by atoms with van der Waals surface area (Å²) in [6.45, 7) is 3.71. The molecule has 23 heavy (non-hydrogen) atoms. The second kappa shape index (κ2) is 6.71. The Morgan fingerprint density at radius 2 is 2.17 bits per heavy atom. The molecular weight excluding hydrogens is 292 g/mol. The fourth-order valence-electron chi connectivity index (χ4n) is 3.64. The van der Waals surface area contributed by atoms with Gasteiger partial charge in [0.1, 0.15) is 0 Å². The number of fused-ring (bicyclic) bond motifs is 1. The maximum atomic E-state index is 13.0. The van der Waals surface area contributed by atoms with E-state index in [1.807, 2.05) is 30.0 Å². The minimum absolute atomic E-state index is 0.0129. The maximum Gasteiger partial charge on any atom is 0.232 e. The third-order valence-electron chi connectivity index (χ3n) is 4.82. The smallest absolute Gasteiger partial charge is 0.232 e. The molecule has 0 aromatic heterocycles. The average Bonchev–Trinajstić information content (AvgIpc) is 2.96. The quantitative estimate of drug-likeness (QED) is 0.852. The number of benzene rings is 1. The van der Waals surface area contributed by atoms with Gasteiger partial charge in [0, 0.05) is 32.3 Å². The molecule has 0 aliphatic carbocycles. The van der Waals surface area contributed by atoms with E-state index in [-0.39, 0.29) is 23.8 Å². The number of hydrogen-bond acceptors (Lipinski definition) is 3. The Morgan fingerprint density at radius 3 is 2.96 bits per heavy atom. The molecule has 2 aliphatic rings. The highest BCUT2D eigenvalue weighted by molar-refractivity contribution is 5.99. The fraction of sp³-hybridized carbons (Fsp3) is 0.556. The predicted octanol–water partition coefficient (Wildman–Crippen LogP) is 1.85. The molecule has 1 saturated heterocycles. The van der Waals surface area contributed by atoms with Crippen LogP contribution >= 0.6 is 0 Å². The van der Waals surface area contributed by atoms with Gasteiger partial charge in [-0.05, 0) is 31.4 Å². The van der Waals surface area contributed by atoms with E-state index in [1.165, 1.54) is 5.56 Å². The second-order valence-electron chi connectivity index (χ2n) is 6.47. The topological polar surface area (TPSA) is 49.9 Å². The minimum atomic E-state index is -0.243. The fourth-order valence-corrected chi connectivity index (χ4v) is 3.64. The first-order chi connectivity index (χ1) is 11.1. The van der Waals surface area contributed by atoms with Crippen LogP contribution in [0.3, 0.4) is 0 Å². The van der Waals surface area contributed by atoms with Gasteiger partial charge in [-0.3, -0.25) is 9.59 Å². The molecule has 0 saturated carbocycles. The van der Waals surface area contributed by atoms with Crippen molar-refractivity contribution in [2.24, 2.45) is 5.92 Å². The molecule has 0 spiro atoms. The Balaban J connectivity index is 1.74. The molecule has 5 heteroatoms. The summed E-state index contributed by atoms with van der Waals surface area (Å²) in [6.07, 6.45) is 2.30. The van der Waals surface area contributed by atoms with Gasteiger partial charge in [-0.15, -0.1) is 0 Å².